The summed E-state index contributed by atoms with van der Waals surface area (Å²) in [4.78, 5) is 8.42. The summed E-state index contributed by atoms with van der Waals surface area (Å²) in [6, 6.07) is 3.86. The SMILES string of the molecule is C#Cc1cnc2c(Cl)cc(N[C@H](C3=CN(C(C4CC4)C(F)(F)F)NN3)c3ccc(F)nc3C)cc2c1NCC(C)(C)C. The number of pyridine rings is 2. The molecule has 1 fully saturated rings. The number of hydrazine groups is 2. The van der Waals surface area contributed by atoms with Gasteiger partial charge in [-0.15, -0.1) is 12.0 Å². The second kappa shape index (κ2) is 11.2. The molecule has 0 radical (unpaired) electrons. The van der Waals surface area contributed by atoms with Crippen molar-refractivity contribution in [2.24, 2.45) is 11.3 Å². The number of benzene rings is 1. The highest BCUT2D eigenvalue weighted by molar-refractivity contribution is 6.35. The van der Waals surface area contributed by atoms with E-state index in [9.17, 15) is 17.6 Å². The Labute approximate surface area is 247 Å². The van der Waals surface area contributed by atoms with E-state index in [1.807, 2.05) is 6.07 Å². The fraction of sp³-hybridized carbons (Fsp3) is 0.400. The molecule has 1 aliphatic heterocycles. The van der Waals surface area contributed by atoms with Crippen LogP contribution < -0.4 is 21.6 Å². The summed E-state index contributed by atoms with van der Waals surface area (Å²) in [6.45, 7) is 8.54. The quantitative estimate of drug-likeness (QED) is 0.128. The molecule has 0 amide bonds. The van der Waals surface area contributed by atoms with Gasteiger partial charge in [0.25, 0.3) is 0 Å². The summed E-state index contributed by atoms with van der Waals surface area (Å²) in [7, 11) is 0. The predicted octanol–water partition coefficient (Wildman–Crippen LogP) is 6.83. The summed E-state index contributed by atoms with van der Waals surface area (Å²) in [6.07, 6.45) is 5.36. The minimum Gasteiger partial charge on any atom is -0.383 e. The number of aryl methyl sites for hydroxylation is 1. The van der Waals surface area contributed by atoms with Gasteiger partial charge in [-0.2, -0.15) is 17.6 Å². The monoisotopic (exact) mass is 601 g/mol. The van der Waals surface area contributed by atoms with Gasteiger partial charge in [-0.1, -0.05) is 44.4 Å². The molecule has 1 unspecified atom stereocenters. The van der Waals surface area contributed by atoms with Gasteiger partial charge in [-0.25, -0.2) is 4.98 Å². The van der Waals surface area contributed by atoms with Crippen molar-refractivity contribution in [1.29, 1.82) is 0 Å². The first-order chi connectivity index (χ1) is 19.7. The first-order valence-electron chi connectivity index (χ1n) is 13.6. The van der Waals surface area contributed by atoms with Gasteiger partial charge in [0, 0.05) is 41.3 Å². The second-order valence-electron chi connectivity index (χ2n) is 11.9. The van der Waals surface area contributed by atoms with Gasteiger partial charge >= 0.3 is 6.18 Å². The second-order valence-corrected chi connectivity index (χ2v) is 12.3. The van der Waals surface area contributed by atoms with Crippen molar-refractivity contribution >= 4 is 33.9 Å². The lowest BCUT2D eigenvalue weighted by molar-refractivity contribution is -0.189. The number of alkyl halides is 3. The summed E-state index contributed by atoms with van der Waals surface area (Å²) in [5.74, 6) is 1.52. The van der Waals surface area contributed by atoms with Crippen LogP contribution in [0.2, 0.25) is 5.02 Å². The van der Waals surface area contributed by atoms with Gasteiger partial charge in [-0.3, -0.25) is 9.99 Å². The van der Waals surface area contributed by atoms with E-state index in [0.717, 1.165) is 5.01 Å². The topological polar surface area (TPSA) is 77.1 Å². The number of fused-ring (bicyclic) bond motifs is 1. The van der Waals surface area contributed by atoms with Crippen molar-refractivity contribution in [2.45, 2.75) is 58.8 Å². The molecular weight excluding hydrogens is 570 g/mol. The molecule has 0 spiro atoms. The molecule has 4 N–H and O–H groups in total. The van der Waals surface area contributed by atoms with Gasteiger partial charge in [0.2, 0.25) is 5.95 Å². The Hall–Kier alpha value is -3.75. The maximum absolute atomic E-state index is 14.0. The zero-order valence-electron chi connectivity index (χ0n) is 23.6. The molecule has 5 rings (SSSR count). The molecule has 2 aromatic heterocycles. The van der Waals surface area contributed by atoms with Crippen LogP contribution in [0.15, 0.2) is 42.4 Å². The Morgan fingerprint density at radius 1 is 1.21 bits per heavy atom. The number of halogens is 5. The summed E-state index contributed by atoms with van der Waals surface area (Å²) in [5, 5.41) is 8.90. The zero-order chi connectivity index (χ0) is 30.4. The molecule has 3 heterocycles. The molecular formula is C30H32ClF4N7. The van der Waals surface area contributed by atoms with Crippen molar-refractivity contribution in [3.05, 3.63) is 70.2 Å². The first kappa shape index (κ1) is 29.7. The fourth-order valence-corrected chi connectivity index (χ4v) is 5.30. The van der Waals surface area contributed by atoms with Gasteiger partial charge in [-0.05, 0) is 49.3 Å². The maximum atomic E-state index is 14.0. The number of terminal acetylenes is 1. The van der Waals surface area contributed by atoms with Crippen LogP contribution in [-0.2, 0) is 0 Å². The van der Waals surface area contributed by atoms with Gasteiger partial charge in [0.1, 0.15) is 6.04 Å². The smallest absolute Gasteiger partial charge is 0.383 e. The minimum absolute atomic E-state index is 0.0481. The van der Waals surface area contributed by atoms with Crippen molar-refractivity contribution in [3.8, 4) is 12.3 Å². The Morgan fingerprint density at radius 2 is 1.95 bits per heavy atom. The van der Waals surface area contributed by atoms with Crippen LogP contribution in [-0.4, -0.2) is 33.7 Å². The van der Waals surface area contributed by atoms with Crippen molar-refractivity contribution in [2.75, 3.05) is 17.2 Å². The standard InChI is InChI=1S/C30H32ClF4N7/c1-6-17-13-36-26-21(25(17)37-15-29(3,4)5)11-19(12-22(26)31)39-27(20-9-10-24(32)38-16(20)2)23-14-42(41-40-23)28(18-7-8-18)30(33,34)35/h1,9-14,18,27-28,39-41H,7-8,15H2,2-5H3,(H,36,37)/t27-,28?/m0/s1. The molecule has 0 saturated heterocycles. The van der Waals surface area contributed by atoms with E-state index < -0.39 is 30.1 Å². The third-order valence-electron chi connectivity index (χ3n) is 7.21. The average Bonchev–Trinajstić information content (AvgIpc) is 3.60. The molecule has 222 valence electrons. The van der Waals surface area contributed by atoms with Crippen LogP contribution in [0.3, 0.4) is 0 Å². The molecule has 7 nitrogen and oxygen atoms in total. The van der Waals surface area contributed by atoms with Crippen LogP contribution in [0.4, 0.5) is 28.9 Å². The largest absolute Gasteiger partial charge is 0.410 e. The molecule has 1 aromatic carbocycles. The van der Waals surface area contributed by atoms with Crippen molar-refractivity contribution in [1.82, 2.24) is 25.9 Å². The molecule has 3 aromatic rings. The number of nitrogens with zero attached hydrogens (tertiary/aromatic N) is 3. The predicted molar refractivity (Wildman–Crippen MR) is 157 cm³/mol. The van der Waals surface area contributed by atoms with Crippen LogP contribution in [0.25, 0.3) is 10.9 Å². The lowest BCUT2D eigenvalue weighted by atomic mass is 9.96. The highest BCUT2D eigenvalue weighted by Crippen LogP contribution is 2.44. The number of nitrogens with one attached hydrogen (secondary N) is 4. The molecule has 1 saturated carbocycles. The number of hydrogen-bond acceptors (Lipinski definition) is 7. The van der Waals surface area contributed by atoms with Gasteiger partial charge in [0.05, 0.1) is 33.5 Å². The van der Waals surface area contributed by atoms with Crippen LogP contribution in [0.5, 0.6) is 0 Å². The van der Waals surface area contributed by atoms with Crippen LogP contribution in [0, 0.1) is 36.5 Å². The van der Waals surface area contributed by atoms with Crippen molar-refractivity contribution in [3.63, 3.8) is 0 Å². The molecule has 42 heavy (non-hydrogen) atoms. The van der Waals surface area contributed by atoms with E-state index in [1.165, 1.54) is 12.3 Å². The Balaban J connectivity index is 1.57. The Morgan fingerprint density at radius 3 is 2.57 bits per heavy atom. The third-order valence-corrected chi connectivity index (χ3v) is 7.50. The molecule has 12 heteroatoms. The van der Waals surface area contributed by atoms with E-state index >= 15 is 0 Å². The summed E-state index contributed by atoms with van der Waals surface area (Å²) in [5.41, 5.74) is 9.18. The van der Waals surface area contributed by atoms with E-state index in [1.54, 1.807) is 25.3 Å². The maximum Gasteiger partial charge on any atom is 0.410 e. The molecule has 2 atom stereocenters. The lowest BCUT2D eigenvalue weighted by Gasteiger charge is -2.28. The number of rotatable bonds is 8. The van der Waals surface area contributed by atoms with Crippen LogP contribution >= 0.6 is 11.6 Å². The minimum atomic E-state index is -4.43. The highest BCUT2D eigenvalue weighted by atomic mass is 35.5. The fourth-order valence-electron chi connectivity index (χ4n) is 5.04. The van der Waals surface area contributed by atoms with Crippen LogP contribution in [0.1, 0.15) is 56.5 Å². The zero-order valence-corrected chi connectivity index (χ0v) is 24.4. The average molecular weight is 602 g/mol. The Bertz CT molecular complexity index is 1570. The van der Waals surface area contributed by atoms with E-state index in [-0.39, 0.29) is 5.41 Å². The van der Waals surface area contributed by atoms with Crippen molar-refractivity contribution < 1.29 is 17.6 Å². The number of anilines is 2. The summed E-state index contributed by atoms with van der Waals surface area (Å²) < 4.78 is 55.8. The van der Waals surface area contributed by atoms with E-state index in [4.69, 9.17) is 18.0 Å². The Kier molecular flexibility index (Phi) is 7.89. The van der Waals surface area contributed by atoms with Gasteiger partial charge < -0.3 is 16.1 Å². The van der Waals surface area contributed by atoms with Gasteiger partial charge in [0.15, 0.2) is 0 Å². The van der Waals surface area contributed by atoms with E-state index in [0.29, 0.717) is 69.2 Å². The summed E-state index contributed by atoms with van der Waals surface area (Å²) >= 11 is 6.70. The molecule has 0 bridgehead atoms. The highest BCUT2D eigenvalue weighted by Gasteiger charge is 2.53. The molecule has 1 aliphatic carbocycles. The first-order valence-corrected chi connectivity index (χ1v) is 13.9. The number of aromatic nitrogens is 2. The normalized spacial score (nSPS) is 17.0. The lowest BCUT2D eigenvalue weighted by Crippen LogP contribution is -2.51. The number of hydrogen-bond donors (Lipinski definition) is 4. The molecule has 2 aliphatic rings. The van der Waals surface area contributed by atoms with E-state index in [2.05, 4.69) is 58.3 Å². The third kappa shape index (κ3) is 6.35.